The molecule has 0 saturated heterocycles. The lowest BCUT2D eigenvalue weighted by molar-refractivity contribution is 0.569. The molecule has 0 aliphatic carbocycles. The number of aromatic nitrogens is 3. The molecule has 3 aromatic rings. The van der Waals surface area contributed by atoms with E-state index < -0.39 is 19.4 Å². The molecule has 0 aliphatic heterocycles. The van der Waals surface area contributed by atoms with Crippen molar-refractivity contribution >= 4 is 19.4 Å². The minimum absolute atomic E-state index is 0.0344. The molecule has 1 aromatic heterocycles. The summed E-state index contributed by atoms with van der Waals surface area (Å²) in [5, 5.41) is 3.94. The fraction of sp³-hybridized carbons (Fsp3) is 0.176. The average Bonchev–Trinajstić information content (AvgIpc) is 3.07. The summed E-state index contributed by atoms with van der Waals surface area (Å²) in [5.74, 6) is -0.659. The van der Waals surface area contributed by atoms with Crippen molar-refractivity contribution in [2.75, 3.05) is 6.26 Å². The van der Waals surface area contributed by atoms with Crippen molar-refractivity contribution in [2.24, 2.45) is 0 Å². The van der Waals surface area contributed by atoms with Gasteiger partial charge in [0.25, 0.3) is 0 Å². The normalized spacial score (nSPS) is 12.3. The Morgan fingerprint density at radius 2 is 1.50 bits per heavy atom. The van der Waals surface area contributed by atoms with Crippen molar-refractivity contribution in [2.45, 2.75) is 16.9 Å². The Morgan fingerprint density at radius 1 is 1.00 bits per heavy atom. The highest BCUT2D eigenvalue weighted by atomic mass is 32.2. The van der Waals surface area contributed by atoms with E-state index in [1.807, 2.05) is 0 Å². The van der Waals surface area contributed by atoms with E-state index in [9.17, 15) is 17.2 Å². The summed E-state index contributed by atoms with van der Waals surface area (Å²) in [6.07, 6.45) is 2.74. The summed E-state index contributed by atoms with van der Waals surface area (Å²) < 4.78 is 51.5. The molecule has 136 valence electrons. The summed E-state index contributed by atoms with van der Waals surface area (Å²) in [7, 11) is -4.46. The van der Waals surface area contributed by atoms with Crippen molar-refractivity contribution < 1.29 is 17.2 Å². The monoisotopic (exact) mass is 393 g/mol. The van der Waals surface area contributed by atoms with Crippen LogP contribution in [0.5, 0.6) is 0 Å². The molecule has 1 heterocycles. The molecule has 0 spiro atoms. The topological polar surface area (TPSA) is 64.8 Å². The molecule has 2 aromatic carbocycles. The van der Waals surface area contributed by atoms with Crippen LogP contribution >= 0.6 is 0 Å². The largest absolute Gasteiger partial charge is 0.244 e. The summed E-state index contributed by atoms with van der Waals surface area (Å²) in [4.78, 5) is 3.82. The van der Waals surface area contributed by atoms with Crippen LogP contribution in [0.3, 0.4) is 0 Å². The Balaban J connectivity index is 1.90. The molecule has 3 rings (SSSR count). The maximum Gasteiger partial charge on any atom is 0.244 e. The molecule has 0 N–H and O–H groups in total. The van der Waals surface area contributed by atoms with Crippen LogP contribution in [0.2, 0.25) is 0 Å². The summed E-state index contributed by atoms with van der Waals surface area (Å²) in [6.45, 7) is 0. The summed E-state index contributed by atoms with van der Waals surface area (Å²) in [6, 6.07) is 12.4. The third-order valence-electron chi connectivity index (χ3n) is 4.09. The molecule has 0 fully saturated rings. The maximum atomic E-state index is 13.3. The molecular weight excluding hydrogens is 376 g/mol. The minimum Gasteiger partial charge on any atom is -0.240 e. The maximum absolute atomic E-state index is 13.3. The van der Waals surface area contributed by atoms with Gasteiger partial charge in [0.1, 0.15) is 18.0 Å². The van der Waals surface area contributed by atoms with E-state index in [0.717, 1.165) is 17.4 Å². The lowest BCUT2D eigenvalue weighted by Gasteiger charge is -2.18. The molecule has 0 amide bonds. The zero-order valence-corrected chi connectivity index (χ0v) is 16.2. The molecule has 9 heteroatoms. The van der Waals surface area contributed by atoms with E-state index in [0.29, 0.717) is 6.17 Å². The Labute approximate surface area is 152 Å². The Bertz CT molecular complexity index is 944. The van der Waals surface area contributed by atoms with Crippen molar-refractivity contribution in [3.8, 4) is 0 Å². The van der Waals surface area contributed by atoms with E-state index in [-0.39, 0.29) is 22.3 Å². The Kier molecular flexibility index (Phi) is 5.28. The van der Waals surface area contributed by atoms with Gasteiger partial charge in [-0.3, -0.25) is 0 Å². The molecule has 5 nitrogen and oxygen atoms in total. The molecule has 0 saturated carbocycles. The summed E-state index contributed by atoms with van der Waals surface area (Å²) >= 11 is 0. The van der Waals surface area contributed by atoms with Crippen LogP contribution in [0.1, 0.15) is 16.7 Å². The second-order valence-electron chi connectivity index (χ2n) is 5.98. The van der Waals surface area contributed by atoms with E-state index >= 15 is 0 Å². The summed E-state index contributed by atoms with van der Waals surface area (Å²) in [5.41, 5.74) is 1.78. The number of rotatable bonds is 6. The van der Waals surface area contributed by atoms with Gasteiger partial charge in [-0.1, -0.05) is 24.3 Å². The second-order valence-corrected chi connectivity index (χ2v) is 9.73. The highest BCUT2D eigenvalue weighted by molar-refractivity contribution is 7.90. The van der Waals surface area contributed by atoms with Crippen LogP contribution in [-0.2, 0) is 16.0 Å². The van der Waals surface area contributed by atoms with Crippen LogP contribution < -0.4 is 0 Å². The predicted octanol–water partition coefficient (Wildman–Crippen LogP) is 1.88. The number of hydrogen-bond donors (Lipinski definition) is 0. The minimum atomic E-state index is -3.47. The number of hydrogen-bond acceptors (Lipinski definition) is 4. The smallest absolute Gasteiger partial charge is 0.240 e. The van der Waals surface area contributed by atoms with E-state index in [1.165, 1.54) is 35.3 Å². The van der Waals surface area contributed by atoms with Crippen LogP contribution in [0.4, 0.5) is 8.78 Å². The molecular formula is C17H17F2N3O2SSi. The van der Waals surface area contributed by atoms with Crippen LogP contribution in [0.25, 0.3) is 0 Å². The van der Waals surface area contributed by atoms with Crippen molar-refractivity contribution in [1.82, 2.24) is 14.8 Å². The highest BCUT2D eigenvalue weighted by Crippen LogP contribution is 2.25. The first-order chi connectivity index (χ1) is 12.3. The van der Waals surface area contributed by atoms with E-state index in [2.05, 4.69) is 10.1 Å². The molecule has 0 bridgehead atoms. The zero-order chi connectivity index (χ0) is 18.7. The molecule has 0 unspecified atom stereocenters. The zero-order valence-electron chi connectivity index (χ0n) is 14.0. The van der Waals surface area contributed by atoms with Gasteiger partial charge in [0, 0.05) is 12.4 Å². The lowest BCUT2D eigenvalue weighted by atomic mass is 10.0. The highest BCUT2D eigenvalue weighted by Gasteiger charge is 2.20. The number of halogens is 2. The van der Waals surface area contributed by atoms with Gasteiger partial charge in [-0.25, -0.2) is 26.9 Å². The Morgan fingerprint density at radius 3 is 1.96 bits per heavy atom. The van der Waals surface area contributed by atoms with Gasteiger partial charge in [-0.05, 0) is 40.9 Å². The third-order valence-corrected chi connectivity index (χ3v) is 7.27. The molecule has 0 atom stereocenters. The third kappa shape index (κ3) is 4.22. The van der Waals surface area contributed by atoms with Gasteiger partial charge in [-0.2, -0.15) is 5.10 Å². The van der Waals surface area contributed by atoms with Gasteiger partial charge >= 0.3 is 0 Å². The first-order valence-corrected chi connectivity index (χ1v) is 11.6. The molecule has 0 radical (unpaired) electrons. The molecule has 26 heavy (non-hydrogen) atoms. The first kappa shape index (κ1) is 18.4. The Hall–Kier alpha value is -2.39. The van der Waals surface area contributed by atoms with Crippen molar-refractivity contribution in [3.63, 3.8) is 0 Å². The van der Waals surface area contributed by atoms with Crippen molar-refractivity contribution in [1.29, 1.82) is 0 Å². The first-order valence-electron chi connectivity index (χ1n) is 7.93. The standard InChI is InChI=1S/C17H17F2N3O2SSi/c1-25(23,24)17-20-10-21-22(17)11-26-16(12-2-6-14(18)7-3-12)13-4-8-15(19)9-5-13/h2-10,16H,11,26H2,1H3. The van der Waals surface area contributed by atoms with Gasteiger partial charge in [0.05, 0.1) is 9.52 Å². The van der Waals surface area contributed by atoms with E-state index in [1.54, 1.807) is 24.3 Å². The van der Waals surface area contributed by atoms with Gasteiger partial charge in [0.15, 0.2) is 0 Å². The number of nitrogens with zero attached hydrogens (tertiary/aromatic N) is 3. The SMILES string of the molecule is CS(=O)(=O)c1ncnn1C[SiH2]C(c1ccc(F)cc1)c1ccc(F)cc1. The number of benzene rings is 2. The van der Waals surface area contributed by atoms with Crippen molar-refractivity contribution in [3.05, 3.63) is 77.6 Å². The van der Waals surface area contributed by atoms with Gasteiger partial charge < -0.3 is 0 Å². The van der Waals surface area contributed by atoms with Gasteiger partial charge in [0.2, 0.25) is 15.0 Å². The fourth-order valence-electron chi connectivity index (χ4n) is 2.86. The predicted molar refractivity (Wildman–Crippen MR) is 96.3 cm³/mol. The fourth-order valence-corrected chi connectivity index (χ4v) is 5.82. The lowest BCUT2D eigenvalue weighted by Crippen LogP contribution is -2.20. The second kappa shape index (κ2) is 7.46. The number of sulfone groups is 1. The van der Waals surface area contributed by atoms with Gasteiger partial charge in [-0.15, -0.1) is 0 Å². The van der Waals surface area contributed by atoms with Crippen LogP contribution in [0.15, 0.2) is 60.0 Å². The molecule has 0 aliphatic rings. The van der Waals surface area contributed by atoms with Crippen LogP contribution in [0, 0.1) is 11.6 Å². The quantitative estimate of drug-likeness (QED) is 0.600. The van der Waals surface area contributed by atoms with Crippen LogP contribution in [-0.4, -0.2) is 39.0 Å². The average molecular weight is 393 g/mol. The van der Waals surface area contributed by atoms with E-state index in [4.69, 9.17) is 0 Å².